The van der Waals surface area contributed by atoms with E-state index in [4.69, 9.17) is 0 Å². The summed E-state index contributed by atoms with van der Waals surface area (Å²) in [5.74, 6) is 0.338. The zero-order chi connectivity index (χ0) is 11.4. The van der Waals surface area contributed by atoms with Crippen molar-refractivity contribution in [3.8, 4) is 5.75 Å². The number of hydrogen-bond donors (Lipinski definition) is 2. The van der Waals surface area contributed by atoms with Gasteiger partial charge in [-0.25, -0.2) is 4.98 Å². The van der Waals surface area contributed by atoms with Gasteiger partial charge in [0.2, 0.25) is 0 Å². The second kappa shape index (κ2) is 5.09. The average Bonchev–Trinajstić information content (AvgIpc) is 2.67. The van der Waals surface area contributed by atoms with Gasteiger partial charge in [-0.15, -0.1) is 11.3 Å². The van der Waals surface area contributed by atoms with E-state index in [9.17, 15) is 5.11 Å². The van der Waals surface area contributed by atoms with E-state index in [2.05, 4.69) is 10.3 Å². The Bertz CT molecular complexity index is 468. The molecule has 2 rings (SSSR count). The van der Waals surface area contributed by atoms with Crippen LogP contribution in [0.1, 0.15) is 15.4 Å². The van der Waals surface area contributed by atoms with Crippen molar-refractivity contribution in [1.82, 2.24) is 10.3 Å². The quantitative estimate of drug-likeness (QED) is 0.854. The van der Waals surface area contributed by atoms with Crippen LogP contribution in [0.5, 0.6) is 5.75 Å². The summed E-state index contributed by atoms with van der Waals surface area (Å²) in [5, 5.41) is 13.9. The molecule has 16 heavy (non-hydrogen) atoms. The first-order valence-corrected chi connectivity index (χ1v) is 5.96. The fourth-order valence-corrected chi connectivity index (χ4v) is 2.20. The molecule has 0 saturated carbocycles. The van der Waals surface area contributed by atoms with Crippen molar-refractivity contribution in [3.05, 3.63) is 45.9 Å². The van der Waals surface area contributed by atoms with Crippen molar-refractivity contribution >= 4 is 11.3 Å². The third-order valence-corrected chi connectivity index (χ3v) is 3.17. The van der Waals surface area contributed by atoms with Gasteiger partial charge in [-0.2, -0.15) is 0 Å². The Labute approximate surface area is 98.8 Å². The molecule has 2 N–H and O–H groups in total. The van der Waals surface area contributed by atoms with Crippen LogP contribution in [0.15, 0.2) is 30.5 Å². The van der Waals surface area contributed by atoms with Crippen molar-refractivity contribution in [2.45, 2.75) is 20.0 Å². The van der Waals surface area contributed by atoms with Crippen LogP contribution in [-0.2, 0) is 13.1 Å². The molecule has 1 aromatic carbocycles. The molecule has 0 aliphatic heterocycles. The maximum atomic E-state index is 9.56. The summed E-state index contributed by atoms with van der Waals surface area (Å²) in [4.78, 5) is 5.48. The number of aromatic hydroxyl groups is 1. The Morgan fingerprint density at radius 3 is 2.81 bits per heavy atom. The summed E-state index contributed by atoms with van der Waals surface area (Å²) in [6.45, 7) is 3.45. The summed E-state index contributed by atoms with van der Waals surface area (Å²) in [6.07, 6.45) is 1.88. The Kier molecular flexibility index (Phi) is 3.54. The van der Waals surface area contributed by atoms with Crippen LogP contribution in [0, 0.1) is 6.92 Å². The monoisotopic (exact) mass is 234 g/mol. The summed E-state index contributed by atoms with van der Waals surface area (Å²) < 4.78 is 0. The van der Waals surface area contributed by atoms with E-state index in [-0.39, 0.29) is 0 Å². The van der Waals surface area contributed by atoms with Crippen LogP contribution >= 0.6 is 11.3 Å². The minimum atomic E-state index is 0.338. The predicted molar refractivity (Wildman–Crippen MR) is 65.5 cm³/mol. The fourth-order valence-electron chi connectivity index (χ4n) is 1.45. The second-order valence-corrected chi connectivity index (χ2v) is 4.92. The largest absolute Gasteiger partial charge is 0.508 e. The van der Waals surface area contributed by atoms with E-state index >= 15 is 0 Å². The zero-order valence-electron chi connectivity index (χ0n) is 9.10. The third-order valence-electron chi connectivity index (χ3n) is 2.25. The molecule has 0 atom stereocenters. The van der Waals surface area contributed by atoms with Gasteiger partial charge in [0.15, 0.2) is 0 Å². The van der Waals surface area contributed by atoms with Gasteiger partial charge >= 0.3 is 0 Å². The number of phenols is 1. The van der Waals surface area contributed by atoms with Crippen LogP contribution in [0.2, 0.25) is 0 Å². The first kappa shape index (κ1) is 11.1. The van der Waals surface area contributed by atoms with Crippen LogP contribution in [-0.4, -0.2) is 10.1 Å². The van der Waals surface area contributed by atoms with Gasteiger partial charge in [-0.3, -0.25) is 0 Å². The van der Waals surface area contributed by atoms with Crippen molar-refractivity contribution in [2.75, 3.05) is 0 Å². The number of para-hydroxylation sites is 1. The number of nitrogens with zero attached hydrogens (tertiary/aromatic N) is 1. The highest BCUT2D eigenvalue weighted by Crippen LogP contribution is 2.15. The van der Waals surface area contributed by atoms with E-state index in [1.165, 1.54) is 4.88 Å². The first-order chi connectivity index (χ1) is 7.75. The normalized spacial score (nSPS) is 10.6. The maximum absolute atomic E-state index is 9.56. The molecule has 0 bridgehead atoms. The summed E-state index contributed by atoms with van der Waals surface area (Å²) in [5.41, 5.74) is 0.913. The average molecular weight is 234 g/mol. The van der Waals surface area contributed by atoms with Crippen LogP contribution in [0.25, 0.3) is 0 Å². The van der Waals surface area contributed by atoms with E-state index < -0.39 is 0 Å². The molecule has 0 aliphatic carbocycles. The van der Waals surface area contributed by atoms with Gasteiger partial charge < -0.3 is 10.4 Å². The molecule has 0 aliphatic rings. The highest BCUT2D eigenvalue weighted by molar-refractivity contribution is 7.11. The molecule has 1 heterocycles. The first-order valence-electron chi connectivity index (χ1n) is 5.14. The number of nitrogens with one attached hydrogen (secondary N) is 1. The molecular weight excluding hydrogens is 220 g/mol. The Morgan fingerprint density at radius 2 is 2.12 bits per heavy atom. The number of rotatable bonds is 4. The molecule has 1 aromatic heterocycles. The van der Waals surface area contributed by atoms with Gasteiger partial charge in [-0.1, -0.05) is 18.2 Å². The standard InChI is InChI=1S/C12H14N2OS/c1-9-6-14-12(16-9)8-13-7-10-4-2-3-5-11(10)15/h2-6,13,15H,7-8H2,1H3. The molecule has 0 unspecified atom stereocenters. The maximum Gasteiger partial charge on any atom is 0.120 e. The molecule has 0 radical (unpaired) electrons. The molecule has 0 saturated heterocycles. The topological polar surface area (TPSA) is 45.2 Å². The van der Waals surface area contributed by atoms with Gasteiger partial charge in [-0.05, 0) is 13.0 Å². The molecule has 0 amide bonds. The number of aromatic nitrogens is 1. The number of benzene rings is 1. The van der Waals surface area contributed by atoms with Crippen LogP contribution in [0.3, 0.4) is 0 Å². The highest BCUT2D eigenvalue weighted by Gasteiger charge is 2.01. The van der Waals surface area contributed by atoms with Crippen molar-refractivity contribution in [2.24, 2.45) is 0 Å². The van der Waals surface area contributed by atoms with Crippen LogP contribution < -0.4 is 5.32 Å². The van der Waals surface area contributed by atoms with E-state index in [0.717, 1.165) is 17.1 Å². The summed E-state index contributed by atoms with van der Waals surface area (Å²) in [7, 11) is 0. The molecule has 2 aromatic rings. The lowest BCUT2D eigenvalue weighted by Crippen LogP contribution is -2.12. The van der Waals surface area contributed by atoms with Gasteiger partial charge in [0.1, 0.15) is 10.8 Å². The van der Waals surface area contributed by atoms with E-state index in [0.29, 0.717) is 12.3 Å². The minimum Gasteiger partial charge on any atom is -0.508 e. The highest BCUT2D eigenvalue weighted by atomic mass is 32.1. The number of aryl methyl sites for hydroxylation is 1. The molecule has 4 heteroatoms. The molecule has 0 fully saturated rings. The summed E-state index contributed by atoms with van der Waals surface area (Å²) >= 11 is 1.69. The van der Waals surface area contributed by atoms with Crippen molar-refractivity contribution in [1.29, 1.82) is 0 Å². The van der Waals surface area contributed by atoms with Crippen molar-refractivity contribution in [3.63, 3.8) is 0 Å². The van der Waals surface area contributed by atoms with Gasteiger partial charge in [0.05, 0.1) is 0 Å². The molecule has 84 valence electrons. The van der Waals surface area contributed by atoms with Crippen LogP contribution in [0.4, 0.5) is 0 Å². The zero-order valence-corrected chi connectivity index (χ0v) is 9.92. The Morgan fingerprint density at radius 1 is 1.31 bits per heavy atom. The molecular formula is C12H14N2OS. The smallest absolute Gasteiger partial charge is 0.120 e. The lowest BCUT2D eigenvalue weighted by atomic mass is 10.2. The minimum absolute atomic E-state index is 0.338. The van der Waals surface area contributed by atoms with E-state index in [1.54, 1.807) is 17.4 Å². The SMILES string of the molecule is Cc1cnc(CNCc2ccccc2O)s1. The second-order valence-electron chi connectivity index (χ2n) is 3.60. The summed E-state index contributed by atoms with van der Waals surface area (Å²) in [6, 6.07) is 7.35. The Balaban J connectivity index is 1.87. The Hall–Kier alpha value is -1.39. The fraction of sp³-hybridized carbons (Fsp3) is 0.250. The lowest BCUT2D eigenvalue weighted by molar-refractivity contribution is 0.464. The molecule has 3 nitrogen and oxygen atoms in total. The number of thiazole rings is 1. The predicted octanol–water partition coefficient (Wildman–Crippen LogP) is 2.45. The number of hydrogen-bond acceptors (Lipinski definition) is 4. The van der Waals surface area contributed by atoms with Crippen molar-refractivity contribution < 1.29 is 5.11 Å². The molecule has 0 spiro atoms. The third kappa shape index (κ3) is 2.81. The number of phenolic OH excluding ortho intramolecular Hbond substituents is 1. The van der Waals surface area contributed by atoms with Gasteiger partial charge in [0.25, 0.3) is 0 Å². The lowest BCUT2D eigenvalue weighted by Gasteiger charge is -2.04. The van der Waals surface area contributed by atoms with E-state index in [1.807, 2.05) is 31.3 Å². The van der Waals surface area contributed by atoms with Gasteiger partial charge in [0, 0.05) is 29.7 Å².